The molecule has 2 aromatic rings. The van der Waals surface area contributed by atoms with Crippen LogP contribution >= 0.6 is 0 Å². The number of benzene rings is 2. The number of ether oxygens (including phenoxy) is 5. The SMILES string of the molecule is COc1ccc(CCNC(=O)COc2c3c(cc4c2C(=O)N(C)CC4)OCO3)cc1OC. The average Bonchev–Trinajstić information content (AvgIpc) is 3.27. The molecule has 2 aromatic carbocycles. The molecule has 0 atom stereocenters. The highest BCUT2D eigenvalue weighted by atomic mass is 16.7. The number of carbonyl (C=O) groups excluding carboxylic acids is 2. The van der Waals surface area contributed by atoms with Gasteiger partial charge in [0.2, 0.25) is 12.5 Å². The third-order valence-electron chi connectivity index (χ3n) is 5.51. The van der Waals surface area contributed by atoms with Gasteiger partial charge in [-0.25, -0.2) is 0 Å². The second-order valence-electron chi connectivity index (χ2n) is 7.53. The Hall–Kier alpha value is -3.62. The van der Waals surface area contributed by atoms with Crippen LogP contribution in [0, 0.1) is 0 Å². The lowest BCUT2D eigenvalue weighted by Gasteiger charge is -2.27. The Morgan fingerprint density at radius 1 is 1.16 bits per heavy atom. The zero-order valence-corrected chi connectivity index (χ0v) is 18.4. The van der Waals surface area contributed by atoms with Crippen LogP contribution < -0.4 is 29.0 Å². The first-order valence-corrected chi connectivity index (χ1v) is 10.3. The summed E-state index contributed by atoms with van der Waals surface area (Å²) in [5.41, 5.74) is 2.26. The average molecular weight is 442 g/mol. The first-order valence-electron chi connectivity index (χ1n) is 10.3. The Morgan fingerprint density at radius 3 is 2.75 bits per heavy atom. The molecule has 0 spiro atoms. The zero-order valence-electron chi connectivity index (χ0n) is 18.4. The summed E-state index contributed by atoms with van der Waals surface area (Å²) in [7, 11) is 4.90. The van der Waals surface area contributed by atoms with Crippen LogP contribution in [0.15, 0.2) is 24.3 Å². The first-order chi connectivity index (χ1) is 15.5. The second kappa shape index (κ2) is 9.25. The van der Waals surface area contributed by atoms with Crippen molar-refractivity contribution in [2.45, 2.75) is 12.8 Å². The third-order valence-corrected chi connectivity index (χ3v) is 5.51. The molecule has 2 aliphatic rings. The molecule has 0 saturated carbocycles. The maximum Gasteiger partial charge on any atom is 0.257 e. The van der Waals surface area contributed by atoms with E-state index in [1.165, 1.54) is 0 Å². The predicted octanol–water partition coefficient (Wildman–Crippen LogP) is 1.80. The smallest absolute Gasteiger partial charge is 0.257 e. The van der Waals surface area contributed by atoms with Gasteiger partial charge in [-0.3, -0.25) is 9.59 Å². The first kappa shape index (κ1) is 21.6. The van der Waals surface area contributed by atoms with E-state index in [-0.39, 0.29) is 31.0 Å². The summed E-state index contributed by atoms with van der Waals surface area (Å²) in [6.07, 6.45) is 1.30. The molecule has 2 heterocycles. The number of nitrogens with zero attached hydrogens (tertiary/aromatic N) is 1. The number of likely N-dealkylation sites (N-methyl/N-ethyl adjacent to an activating group) is 1. The van der Waals surface area contributed by atoms with Crippen molar-refractivity contribution < 1.29 is 33.3 Å². The Bertz CT molecular complexity index is 1040. The monoisotopic (exact) mass is 442 g/mol. The van der Waals surface area contributed by atoms with E-state index in [0.717, 1.165) is 11.1 Å². The molecule has 2 aliphatic heterocycles. The molecule has 0 bridgehead atoms. The van der Waals surface area contributed by atoms with Crippen molar-refractivity contribution in [2.75, 3.05) is 47.8 Å². The molecule has 0 unspecified atom stereocenters. The Morgan fingerprint density at radius 2 is 1.97 bits per heavy atom. The van der Waals surface area contributed by atoms with Crippen molar-refractivity contribution in [3.8, 4) is 28.7 Å². The fraction of sp³-hybridized carbons (Fsp3) is 0.391. The number of amides is 2. The molecule has 0 saturated heterocycles. The second-order valence-corrected chi connectivity index (χ2v) is 7.53. The fourth-order valence-corrected chi connectivity index (χ4v) is 3.78. The topological polar surface area (TPSA) is 95.6 Å². The number of rotatable bonds is 8. The van der Waals surface area contributed by atoms with Crippen molar-refractivity contribution in [1.29, 1.82) is 0 Å². The zero-order chi connectivity index (χ0) is 22.7. The largest absolute Gasteiger partial charge is 0.493 e. The van der Waals surface area contributed by atoms with Gasteiger partial charge in [-0.05, 0) is 42.2 Å². The summed E-state index contributed by atoms with van der Waals surface area (Å²) in [4.78, 5) is 26.8. The van der Waals surface area contributed by atoms with Gasteiger partial charge in [0, 0.05) is 20.1 Å². The van der Waals surface area contributed by atoms with Crippen LogP contribution in [0.2, 0.25) is 0 Å². The van der Waals surface area contributed by atoms with Crippen molar-refractivity contribution in [3.63, 3.8) is 0 Å². The number of fused-ring (bicyclic) bond motifs is 2. The Labute approximate surface area is 186 Å². The molecule has 170 valence electrons. The summed E-state index contributed by atoms with van der Waals surface area (Å²) in [5, 5.41) is 2.83. The maximum atomic E-state index is 12.7. The minimum Gasteiger partial charge on any atom is -0.493 e. The number of carbonyl (C=O) groups is 2. The normalized spacial score (nSPS) is 14.1. The van der Waals surface area contributed by atoms with Gasteiger partial charge in [-0.2, -0.15) is 0 Å². The number of methoxy groups -OCH3 is 2. The Kier molecular flexibility index (Phi) is 6.25. The van der Waals surface area contributed by atoms with E-state index >= 15 is 0 Å². The minimum atomic E-state index is -0.299. The lowest BCUT2D eigenvalue weighted by atomic mass is 9.97. The molecule has 1 N–H and O–H groups in total. The van der Waals surface area contributed by atoms with Gasteiger partial charge in [-0.15, -0.1) is 0 Å². The summed E-state index contributed by atoms with van der Waals surface area (Å²) in [6, 6.07) is 7.44. The molecule has 0 fully saturated rings. The van der Waals surface area contributed by atoms with Crippen molar-refractivity contribution in [2.24, 2.45) is 0 Å². The molecular weight excluding hydrogens is 416 g/mol. The summed E-state index contributed by atoms with van der Waals surface area (Å²) >= 11 is 0. The highest BCUT2D eigenvalue weighted by Gasteiger charge is 2.33. The van der Waals surface area contributed by atoms with Gasteiger partial charge in [0.15, 0.2) is 29.6 Å². The van der Waals surface area contributed by atoms with Gasteiger partial charge in [0.1, 0.15) is 0 Å². The molecule has 32 heavy (non-hydrogen) atoms. The number of hydrogen-bond donors (Lipinski definition) is 1. The van der Waals surface area contributed by atoms with Crippen molar-refractivity contribution >= 4 is 11.8 Å². The molecule has 4 rings (SSSR count). The van der Waals surface area contributed by atoms with Gasteiger partial charge in [0.05, 0.1) is 19.8 Å². The van der Waals surface area contributed by atoms with Gasteiger partial charge in [-0.1, -0.05) is 6.07 Å². The van der Waals surface area contributed by atoms with Crippen LogP contribution in [-0.4, -0.2) is 64.5 Å². The Balaban J connectivity index is 1.39. The van der Waals surface area contributed by atoms with Gasteiger partial charge >= 0.3 is 0 Å². The lowest BCUT2D eigenvalue weighted by molar-refractivity contribution is -0.123. The summed E-state index contributed by atoms with van der Waals surface area (Å²) in [6.45, 7) is 0.844. The number of nitrogens with one attached hydrogen (secondary N) is 1. The van der Waals surface area contributed by atoms with E-state index < -0.39 is 0 Å². The van der Waals surface area contributed by atoms with Crippen LogP contribution in [0.3, 0.4) is 0 Å². The van der Waals surface area contributed by atoms with E-state index in [2.05, 4.69) is 5.32 Å². The molecule has 0 aliphatic carbocycles. The van der Waals surface area contributed by atoms with Crippen LogP contribution in [0.1, 0.15) is 21.5 Å². The molecule has 9 heteroatoms. The van der Waals surface area contributed by atoms with Gasteiger partial charge in [0.25, 0.3) is 11.8 Å². The highest BCUT2D eigenvalue weighted by Crippen LogP contribution is 2.46. The van der Waals surface area contributed by atoms with Crippen molar-refractivity contribution in [3.05, 3.63) is 41.0 Å². The van der Waals surface area contributed by atoms with E-state index in [1.54, 1.807) is 26.2 Å². The van der Waals surface area contributed by atoms with Gasteiger partial charge < -0.3 is 33.9 Å². The van der Waals surface area contributed by atoms with E-state index in [0.29, 0.717) is 54.5 Å². The predicted molar refractivity (Wildman–Crippen MR) is 115 cm³/mol. The molecule has 2 amide bonds. The van der Waals surface area contributed by atoms with Crippen LogP contribution in [0.4, 0.5) is 0 Å². The molecule has 0 aromatic heterocycles. The van der Waals surface area contributed by atoms with Crippen molar-refractivity contribution in [1.82, 2.24) is 10.2 Å². The number of hydrogen-bond acceptors (Lipinski definition) is 7. The fourth-order valence-electron chi connectivity index (χ4n) is 3.78. The van der Waals surface area contributed by atoms with Crippen LogP contribution in [0.25, 0.3) is 0 Å². The summed E-state index contributed by atoms with van der Waals surface area (Å²) < 4.78 is 27.3. The molecule has 0 radical (unpaired) electrons. The standard InChI is InChI=1S/C23H26N2O7/c1-25-9-7-15-11-18-21(32-13-31-18)22(20(15)23(25)27)30-12-19(26)24-8-6-14-4-5-16(28-2)17(10-14)29-3/h4-5,10-11H,6-9,12-13H2,1-3H3,(H,24,26). The van der Waals surface area contributed by atoms with E-state index in [4.69, 9.17) is 23.7 Å². The minimum absolute atomic E-state index is 0.0517. The lowest BCUT2D eigenvalue weighted by Crippen LogP contribution is -2.35. The van der Waals surface area contributed by atoms with Crippen LogP contribution in [-0.2, 0) is 17.6 Å². The maximum absolute atomic E-state index is 12.7. The molecular formula is C23H26N2O7. The van der Waals surface area contributed by atoms with E-state index in [9.17, 15) is 9.59 Å². The summed E-state index contributed by atoms with van der Waals surface area (Å²) in [5.74, 6) is 2.00. The van der Waals surface area contributed by atoms with E-state index in [1.807, 2.05) is 24.3 Å². The third kappa shape index (κ3) is 4.23. The quantitative estimate of drug-likeness (QED) is 0.666. The highest BCUT2D eigenvalue weighted by molar-refractivity contribution is 6.01. The van der Waals surface area contributed by atoms with Crippen LogP contribution in [0.5, 0.6) is 28.7 Å². The molecule has 9 nitrogen and oxygen atoms in total.